The molecule has 3 heteroatoms. The van der Waals surface area contributed by atoms with E-state index in [1.165, 1.54) is 11.1 Å². The zero-order valence-corrected chi connectivity index (χ0v) is 14.1. The van der Waals surface area contributed by atoms with Crippen molar-refractivity contribution in [2.24, 2.45) is 0 Å². The van der Waals surface area contributed by atoms with E-state index in [1.807, 2.05) is 28.9 Å². The molecule has 0 atom stereocenters. The number of hydrogen-bond donors (Lipinski definition) is 0. The smallest absolute Gasteiger partial charge is 0.113 e. The number of rotatable bonds is 4. The summed E-state index contributed by atoms with van der Waals surface area (Å²) in [6.45, 7) is 2.10. The van der Waals surface area contributed by atoms with E-state index in [-0.39, 0.29) is 0 Å². The van der Waals surface area contributed by atoms with Crippen molar-refractivity contribution in [3.8, 4) is 0 Å². The first-order valence-electron chi connectivity index (χ1n) is 8.41. The fourth-order valence-electron chi connectivity index (χ4n) is 2.93. The van der Waals surface area contributed by atoms with Crippen molar-refractivity contribution >= 4 is 22.8 Å². The van der Waals surface area contributed by atoms with Crippen molar-refractivity contribution in [2.75, 3.05) is 0 Å². The van der Waals surface area contributed by atoms with Gasteiger partial charge in [-0.2, -0.15) is 0 Å². The minimum absolute atomic E-state index is 0.794. The van der Waals surface area contributed by atoms with Gasteiger partial charge in [0.05, 0.1) is 5.52 Å². The largest absolute Gasteiger partial charge is 0.217 e. The molecule has 3 nitrogen and oxygen atoms in total. The molecule has 4 rings (SSSR count). The van der Waals surface area contributed by atoms with Crippen LogP contribution in [0.15, 0.2) is 78.9 Å². The third kappa shape index (κ3) is 3.36. The van der Waals surface area contributed by atoms with Gasteiger partial charge in [-0.05, 0) is 36.3 Å². The third-order valence-corrected chi connectivity index (χ3v) is 4.26. The quantitative estimate of drug-likeness (QED) is 0.530. The van der Waals surface area contributed by atoms with Crippen LogP contribution in [-0.2, 0) is 6.42 Å². The molecule has 1 aromatic heterocycles. The molecule has 0 N–H and O–H groups in total. The van der Waals surface area contributed by atoms with Crippen LogP contribution < -0.4 is 0 Å². The summed E-state index contributed by atoms with van der Waals surface area (Å²) in [6.07, 6.45) is 2.98. The van der Waals surface area contributed by atoms with E-state index in [1.54, 1.807) is 0 Å². The fourth-order valence-corrected chi connectivity index (χ4v) is 2.93. The average Bonchev–Trinajstić information content (AvgIpc) is 3.08. The van der Waals surface area contributed by atoms with Crippen molar-refractivity contribution in [1.82, 2.24) is 15.0 Å². The van der Waals surface area contributed by atoms with Gasteiger partial charge in [-0.3, -0.25) is 0 Å². The van der Waals surface area contributed by atoms with E-state index >= 15 is 0 Å². The first-order chi connectivity index (χ1) is 12.3. The normalized spacial score (nSPS) is 11.8. The Morgan fingerprint density at radius 1 is 0.880 bits per heavy atom. The van der Waals surface area contributed by atoms with Gasteiger partial charge in [0.15, 0.2) is 0 Å². The van der Waals surface area contributed by atoms with Crippen molar-refractivity contribution < 1.29 is 0 Å². The Hall–Kier alpha value is -3.20. The lowest BCUT2D eigenvalue weighted by atomic mass is 10.1. The summed E-state index contributed by atoms with van der Waals surface area (Å²) < 4.78 is 1.95. The molecule has 0 aliphatic heterocycles. The summed E-state index contributed by atoms with van der Waals surface area (Å²) in [4.78, 5) is 0. The van der Waals surface area contributed by atoms with E-state index in [4.69, 9.17) is 0 Å². The summed E-state index contributed by atoms with van der Waals surface area (Å²) >= 11 is 0. The predicted molar refractivity (Wildman–Crippen MR) is 103 cm³/mol. The monoisotopic (exact) mass is 325 g/mol. The zero-order valence-electron chi connectivity index (χ0n) is 14.1. The molecular weight excluding hydrogens is 306 g/mol. The Bertz CT molecular complexity index is 1010. The number of allylic oxidation sites excluding steroid dienone is 1. The van der Waals surface area contributed by atoms with Gasteiger partial charge in [0.2, 0.25) is 0 Å². The van der Waals surface area contributed by atoms with Crippen LogP contribution >= 0.6 is 0 Å². The van der Waals surface area contributed by atoms with E-state index < -0.39 is 0 Å². The maximum atomic E-state index is 4.40. The number of para-hydroxylation sites is 1. The van der Waals surface area contributed by atoms with Crippen LogP contribution in [0.2, 0.25) is 0 Å². The Morgan fingerprint density at radius 3 is 2.40 bits per heavy atom. The Balaban J connectivity index is 1.81. The number of hydrogen-bond acceptors (Lipinski definition) is 2. The molecule has 4 aromatic rings. The maximum Gasteiger partial charge on any atom is 0.113 e. The fraction of sp³-hybridized carbons (Fsp3) is 0.0909. The molecular formula is C22H19N3. The second kappa shape index (κ2) is 6.73. The van der Waals surface area contributed by atoms with Gasteiger partial charge in [0, 0.05) is 12.1 Å². The van der Waals surface area contributed by atoms with Gasteiger partial charge in [-0.1, -0.05) is 77.5 Å². The van der Waals surface area contributed by atoms with Crippen LogP contribution in [0.1, 0.15) is 16.7 Å². The molecule has 0 unspecified atom stereocenters. The first kappa shape index (κ1) is 15.3. The Kier molecular flexibility index (Phi) is 4.13. The topological polar surface area (TPSA) is 30.7 Å². The van der Waals surface area contributed by atoms with Crippen molar-refractivity contribution in [1.29, 1.82) is 0 Å². The molecule has 0 spiro atoms. The van der Waals surface area contributed by atoms with Crippen molar-refractivity contribution in [3.63, 3.8) is 0 Å². The SMILES string of the molecule is Cc1ccc(C=C(Cc2ccccc2)n2nnc3ccccc32)cc1. The molecule has 0 saturated heterocycles. The van der Waals surface area contributed by atoms with Crippen LogP contribution in [0, 0.1) is 6.92 Å². The van der Waals surface area contributed by atoms with Crippen molar-refractivity contribution in [2.45, 2.75) is 13.3 Å². The number of aryl methyl sites for hydroxylation is 1. The highest BCUT2D eigenvalue weighted by Gasteiger charge is 2.09. The van der Waals surface area contributed by atoms with Crippen LogP contribution in [-0.4, -0.2) is 15.0 Å². The molecule has 0 radical (unpaired) electrons. The minimum Gasteiger partial charge on any atom is -0.217 e. The van der Waals surface area contributed by atoms with Crippen LogP contribution in [0.3, 0.4) is 0 Å². The highest BCUT2D eigenvalue weighted by molar-refractivity contribution is 5.82. The lowest BCUT2D eigenvalue weighted by molar-refractivity contribution is 0.824. The van der Waals surface area contributed by atoms with Crippen LogP contribution in [0.4, 0.5) is 0 Å². The number of benzene rings is 3. The van der Waals surface area contributed by atoms with E-state index in [0.29, 0.717) is 0 Å². The van der Waals surface area contributed by atoms with Gasteiger partial charge in [0.1, 0.15) is 5.52 Å². The molecule has 3 aromatic carbocycles. The molecule has 0 amide bonds. The summed E-state index contributed by atoms with van der Waals surface area (Å²) in [5.41, 5.74) is 6.70. The highest BCUT2D eigenvalue weighted by Crippen LogP contribution is 2.21. The summed E-state index contributed by atoms with van der Waals surface area (Å²) in [7, 11) is 0. The average molecular weight is 325 g/mol. The first-order valence-corrected chi connectivity index (χ1v) is 8.41. The van der Waals surface area contributed by atoms with Crippen molar-refractivity contribution in [3.05, 3.63) is 95.6 Å². The van der Waals surface area contributed by atoms with E-state index in [9.17, 15) is 0 Å². The summed E-state index contributed by atoms with van der Waals surface area (Å²) in [5.74, 6) is 0. The Labute approximate surface area is 147 Å². The lowest BCUT2D eigenvalue weighted by Crippen LogP contribution is -2.03. The second-order valence-electron chi connectivity index (χ2n) is 6.20. The maximum absolute atomic E-state index is 4.40. The lowest BCUT2D eigenvalue weighted by Gasteiger charge is -2.09. The molecule has 0 aliphatic carbocycles. The van der Waals surface area contributed by atoms with Gasteiger partial charge in [-0.15, -0.1) is 5.10 Å². The molecule has 0 bridgehead atoms. The van der Waals surface area contributed by atoms with E-state index in [2.05, 4.69) is 77.9 Å². The molecule has 1 heterocycles. The predicted octanol–water partition coefficient (Wildman–Crippen LogP) is 4.98. The molecule has 0 saturated carbocycles. The van der Waals surface area contributed by atoms with Gasteiger partial charge in [0.25, 0.3) is 0 Å². The molecule has 0 fully saturated rings. The number of fused-ring (bicyclic) bond motifs is 1. The standard InChI is InChI=1S/C22H19N3/c1-17-11-13-19(14-12-17)16-20(15-18-7-3-2-4-8-18)25-22-10-6-5-9-21(22)23-24-25/h2-14,16H,15H2,1H3. The molecule has 0 aliphatic rings. The summed E-state index contributed by atoms with van der Waals surface area (Å²) in [5, 5.41) is 8.71. The highest BCUT2D eigenvalue weighted by atomic mass is 15.4. The summed E-state index contributed by atoms with van der Waals surface area (Å²) in [6, 6.07) is 27.1. The minimum atomic E-state index is 0.794. The van der Waals surface area contributed by atoms with Gasteiger partial charge in [-0.25, -0.2) is 4.68 Å². The van der Waals surface area contributed by atoms with Gasteiger partial charge < -0.3 is 0 Å². The Morgan fingerprint density at radius 2 is 1.60 bits per heavy atom. The second-order valence-corrected chi connectivity index (χ2v) is 6.20. The van der Waals surface area contributed by atoms with Crippen LogP contribution in [0.25, 0.3) is 22.8 Å². The zero-order chi connectivity index (χ0) is 17.1. The molecule has 25 heavy (non-hydrogen) atoms. The molecule has 122 valence electrons. The third-order valence-electron chi connectivity index (χ3n) is 4.26. The number of aromatic nitrogens is 3. The van der Waals surface area contributed by atoms with Gasteiger partial charge >= 0.3 is 0 Å². The van der Waals surface area contributed by atoms with E-state index in [0.717, 1.165) is 28.7 Å². The van der Waals surface area contributed by atoms with Crippen LogP contribution in [0.5, 0.6) is 0 Å². The number of nitrogens with zero attached hydrogens (tertiary/aromatic N) is 3.